The van der Waals surface area contributed by atoms with E-state index in [1.807, 2.05) is 43.5 Å². The molecule has 2 aromatic carbocycles. The van der Waals surface area contributed by atoms with Crippen LogP contribution in [0.5, 0.6) is 0 Å². The maximum atomic E-state index is 13.5. The Balaban J connectivity index is 1.51. The molecular formula is C25H29N5O4S2. The van der Waals surface area contributed by atoms with Gasteiger partial charge in [0.25, 0.3) is 0 Å². The molecule has 36 heavy (non-hydrogen) atoms. The van der Waals surface area contributed by atoms with Crippen LogP contribution in [0.25, 0.3) is 11.3 Å². The number of piperazine rings is 1. The van der Waals surface area contributed by atoms with Crippen LogP contribution in [0.2, 0.25) is 0 Å². The Kier molecular flexibility index (Phi) is 7.82. The Morgan fingerprint density at radius 2 is 1.78 bits per heavy atom. The van der Waals surface area contributed by atoms with Gasteiger partial charge >= 0.3 is 0 Å². The molecule has 0 radical (unpaired) electrons. The molecule has 0 spiro atoms. The zero-order valence-corrected chi connectivity index (χ0v) is 22.1. The number of carbonyl (C=O) groups excluding carboxylic acids is 2. The Morgan fingerprint density at radius 3 is 2.36 bits per heavy atom. The molecule has 1 N–H and O–H groups in total. The van der Waals surface area contributed by atoms with E-state index < -0.39 is 22.0 Å². The van der Waals surface area contributed by atoms with Crippen molar-refractivity contribution in [3.8, 4) is 11.3 Å². The molecule has 190 valence electrons. The zero-order valence-electron chi connectivity index (χ0n) is 20.4. The van der Waals surface area contributed by atoms with Crippen LogP contribution in [-0.2, 0) is 26.2 Å². The second-order valence-corrected chi connectivity index (χ2v) is 11.5. The maximum Gasteiger partial charge on any atom is 0.243 e. The summed E-state index contributed by atoms with van der Waals surface area (Å²) in [6, 6.07) is 13.3. The van der Waals surface area contributed by atoms with Gasteiger partial charge in [-0.1, -0.05) is 54.7 Å². The van der Waals surface area contributed by atoms with Crippen molar-refractivity contribution in [2.24, 2.45) is 0 Å². The second kappa shape index (κ2) is 10.9. The number of amides is 2. The highest BCUT2D eigenvalue weighted by atomic mass is 32.2. The van der Waals surface area contributed by atoms with Crippen LogP contribution in [0.15, 0.2) is 58.8 Å². The van der Waals surface area contributed by atoms with Gasteiger partial charge in [-0.2, -0.15) is 4.31 Å². The molecule has 1 aliphatic rings. The van der Waals surface area contributed by atoms with Gasteiger partial charge in [-0.05, 0) is 40.7 Å². The molecule has 1 atom stereocenters. The SMILES string of the molecule is CC(=O)N1CCN(S(=O)(=O)c2ccc(C(C)C)cc2)[C@@H](C(=O)NCc2ccc(-c3csnn3)cc2)C1. The summed E-state index contributed by atoms with van der Waals surface area (Å²) in [7, 11) is -3.94. The van der Waals surface area contributed by atoms with Crippen molar-refractivity contribution >= 4 is 33.4 Å². The predicted octanol–water partition coefficient (Wildman–Crippen LogP) is 2.87. The lowest BCUT2D eigenvalue weighted by Crippen LogP contribution is -2.61. The second-order valence-electron chi connectivity index (χ2n) is 9.03. The predicted molar refractivity (Wildman–Crippen MR) is 138 cm³/mol. The number of nitrogens with zero attached hydrogens (tertiary/aromatic N) is 4. The van der Waals surface area contributed by atoms with Crippen molar-refractivity contribution in [2.75, 3.05) is 19.6 Å². The summed E-state index contributed by atoms with van der Waals surface area (Å²) in [5.41, 5.74) is 3.59. The normalized spacial score (nSPS) is 16.8. The molecule has 0 bridgehead atoms. The Morgan fingerprint density at radius 1 is 1.08 bits per heavy atom. The van der Waals surface area contributed by atoms with Crippen LogP contribution in [0.4, 0.5) is 0 Å². The number of hydrogen-bond donors (Lipinski definition) is 1. The molecule has 3 aromatic rings. The van der Waals surface area contributed by atoms with Crippen LogP contribution in [0, 0.1) is 0 Å². The number of carbonyl (C=O) groups is 2. The average Bonchev–Trinajstić information content (AvgIpc) is 3.42. The maximum absolute atomic E-state index is 13.5. The van der Waals surface area contributed by atoms with Gasteiger partial charge in [-0.3, -0.25) is 9.59 Å². The summed E-state index contributed by atoms with van der Waals surface area (Å²) in [6.45, 7) is 5.99. The smallest absolute Gasteiger partial charge is 0.243 e. The number of rotatable bonds is 7. The topological polar surface area (TPSA) is 113 Å². The van der Waals surface area contributed by atoms with Crippen molar-refractivity contribution in [3.05, 3.63) is 65.0 Å². The minimum Gasteiger partial charge on any atom is -0.351 e. The first-order chi connectivity index (χ1) is 17.2. The highest BCUT2D eigenvalue weighted by Crippen LogP contribution is 2.24. The van der Waals surface area contributed by atoms with Crippen LogP contribution in [-0.4, -0.2) is 64.7 Å². The number of aromatic nitrogens is 2. The first-order valence-corrected chi connectivity index (χ1v) is 14.0. The monoisotopic (exact) mass is 527 g/mol. The van der Waals surface area contributed by atoms with E-state index in [0.717, 1.165) is 22.4 Å². The van der Waals surface area contributed by atoms with Gasteiger partial charge in [0, 0.05) is 44.0 Å². The molecule has 1 fully saturated rings. The molecule has 1 aliphatic heterocycles. The minimum absolute atomic E-state index is 0.000236. The Bertz CT molecular complexity index is 1310. The summed E-state index contributed by atoms with van der Waals surface area (Å²) >= 11 is 1.27. The molecule has 9 nitrogen and oxygen atoms in total. The van der Waals surface area contributed by atoms with E-state index in [1.54, 1.807) is 24.3 Å². The molecule has 0 unspecified atom stereocenters. The molecular weight excluding hydrogens is 498 g/mol. The fourth-order valence-electron chi connectivity index (χ4n) is 4.10. The first-order valence-electron chi connectivity index (χ1n) is 11.7. The van der Waals surface area contributed by atoms with Crippen molar-refractivity contribution in [1.29, 1.82) is 0 Å². The highest BCUT2D eigenvalue weighted by molar-refractivity contribution is 7.89. The van der Waals surface area contributed by atoms with E-state index in [4.69, 9.17) is 0 Å². The van der Waals surface area contributed by atoms with E-state index >= 15 is 0 Å². The van der Waals surface area contributed by atoms with E-state index in [2.05, 4.69) is 14.9 Å². The first kappa shape index (κ1) is 25.9. The van der Waals surface area contributed by atoms with Gasteiger partial charge in [0.05, 0.1) is 4.90 Å². The van der Waals surface area contributed by atoms with Crippen LogP contribution >= 0.6 is 11.5 Å². The van der Waals surface area contributed by atoms with Gasteiger partial charge in [0.1, 0.15) is 11.7 Å². The largest absolute Gasteiger partial charge is 0.351 e. The Hall–Kier alpha value is -3.15. The standard InChI is InChI=1S/C25H29N5O4S2/c1-17(2)20-8-10-22(11-9-20)36(33,34)30-13-12-29(18(3)31)15-24(30)25(32)26-14-19-4-6-21(7-5-19)23-16-35-28-27-23/h4-11,16-17,24H,12-15H2,1-3H3,(H,26,32)/t24-/m1/s1. The van der Waals surface area contributed by atoms with E-state index in [0.29, 0.717) is 0 Å². The summed E-state index contributed by atoms with van der Waals surface area (Å²) in [6.07, 6.45) is 0. The molecule has 4 rings (SSSR count). The molecule has 1 saturated heterocycles. The molecule has 0 aliphatic carbocycles. The van der Waals surface area contributed by atoms with E-state index in [-0.39, 0.29) is 42.9 Å². The number of benzene rings is 2. The third-order valence-corrected chi connectivity index (χ3v) is 8.74. The third-order valence-electron chi connectivity index (χ3n) is 6.31. The average molecular weight is 528 g/mol. The van der Waals surface area contributed by atoms with Gasteiger partial charge in [0.2, 0.25) is 21.8 Å². The van der Waals surface area contributed by atoms with Crippen LogP contribution < -0.4 is 5.32 Å². The quantitative estimate of drug-likeness (QED) is 0.506. The molecule has 11 heteroatoms. The number of hydrogen-bond acceptors (Lipinski definition) is 7. The summed E-state index contributed by atoms with van der Waals surface area (Å²) in [5.74, 6) is -0.374. The summed E-state index contributed by atoms with van der Waals surface area (Å²) < 4.78 is 32.1. The fourth-order valence-corrected chi connectivity index (χ4v) is 6.14. The summed E-state index contributed by atoms with van der Waals surface area (Å²) in [5, 5.41) is 8.75. The van der Waals surface area contributed by atoms with E-state index in [1.165, 1.54) is 27.7 Å². The minimum atomic E-state index is -3.94. The van der Waals surface area contributed by atoms with Gasteiger partial charge in [0.15, 0.2) is 0 Å². The lowest BCUT2D eigenvalue weighted by molar-refractivity contribution is -0.134. The lowest BCUT2D eigenvalue weighted by atomic mass is 10.0. The van der Waals surface area contributed by atoms with Crippen molar-refractivity contribution < 1.29 is 18.0 Å². The summed E-state index contributed by atoms with van der Waals surface area (Å²) in [4.78, 5) is 26.9. The lowest BCUT2D eigenvalue weighted by Gasteiger charge is -2.39. The fraction of sp³-hybridized carbons (Fsp3) is 0.360. The van der Waals surface area contributed by atoms with Crippen molar-refractivity contribution in [3.63, 3.8) is 0 Å². The van der Waals surface area contributed by atoms with Gasteiger partial charge < -0.3 is 10.2 Å². The molecule has 2 heterocycles. The van der Waals surface area contributed by atoms with Crippen molar-refractivity contribution in [1.82, 2.24) is 24.1 Å². The van der Waals surface area contributed by atoms with Gasteiger partial charge in [-0.15, -0.1) is 5.10 Å². The Labute approximate surface area is 215 Å². The molecule has 1 aromatic heterocycles. The van der Waals surface area contributed by atoms with Crippen molar-refractivity contribution in [2.45, 2.75) is 44.2 Å². The van der Waals surface area contributed by atoms with Gasteiger partial charge in [-0.25, -0.2) is 8.42 Å². The number of nitrogens with one attached hydrogen (secondary N) is 1. The zero-order chi connectivity index (χ0) is 25.9. The molecule has 0 saturated carbocycles. The molecule has 2 amide bonds. The highest BCUT2D eigenvalue weighted by Gasteiger charge is 2.40. The van der Waals surface area contributed by atoms with Crippen LogP contribution in [0.3, 0.4) is 0 Å². The van der Waals surface area contributed by atoms with Crippen LogP contribution in [0.1, 0.15) is 37.8 Å². The number of sulfonamides is 1. The van der Waals surface area contributed by atoms with E-state index in [9.17, 15) is 18.0 Å². The third kappa shape index (κ3) is 5.63.